The standard InChI is InChI=1S/C23H29N7O/c1-15-11-20-26-16(2)12-29(20)13-18(15)27-22(31)30-9-6-17-19(5-7-24-21(17)30)28-10-8-25-23(3,4)14-28/h5,7,11-13,25H,6,8-10,14H2,1-4H3,(H,27,31). The fourth-order valence-electron chi connectivity index (χ4n) is 4.69. The molecule has 0 atom stereocenters. The van der Waals surface area contributed by atoms with Crippen molar-refractivity contribution in [3.63, 3.8) is 0 Å². The number of anilines is 3. The molecule has 2 aliphatic rings. The topological polar surface area (TPSA) is 77.8 Å². The van der Waals surface area contributed by atoms with Crippen molar-refractivity contribution in [2.75, 3.05) is 41.3 Å². The van der Waals surface area contributed by atoms with Crippen molar-refractivity contribution >= 4 is 28.9 Å². The van der Waals surface area contributed by atoms with Crippen LogP contribution in [0, 0.1) is 13.8 Å². The Balaban J connectivity index is 1.40. The molecule has 0 saturated carbocycles. The van der Waals surface area contributed by atoms with Crippen LogP contribution >= 0.6 is 0 Å². The monoisotopic (exact) mass is 419 g/mol. The number of imidazole rings is 1. The molecule has 8 nitrogen and oxygen atoms in total. The molecule has 162 valence electrons. The molecule has 5 heterocycles. The lowest BCUT2D eigenvalue weighted by Gasteiger charge is -2.41. The first kappa shape index (κ1) is 19.8. The predicted octanol–water partition coefficient (Wildman–Crippen LogP) is 3.13. The number of hydrogen-bond donors (Lipinski definition) is 2. The zero-order valence-corrected chi connectivity index (χ0v) is 18.6. The third-order valence-electron chi connectivity index (χ3n) is 6.17. The Morgan fingerprint density at radius 2 is 2.06 bits per heavy atom. The number of nitrogens with one attached hydrogen (secondary N) is 2. The number of hydrogen-bond acceptors (Lipinski definition) is 5. The molecule has 0 aliphatic carbocycles. The number of rotatable bonds is 2. The van der Waals surface area contributed by atoms with Gasteiger partial charge in [-0.05, 0) is 51.8 Å². The second kappa shape index (κ2) is 7.23. The van der Waals surface area contributed by atoms with Gasteiger partial charge in [-0.1, -0.05) is 0 Å². The van der Waals surface area contributed by atoms with E-state index in [1.807, 2.05) is 42.9 Å². The maximum Gasteiger partial charge on any atom is 0.327 e. The maximum absolute atomic E-state index is 13.2. The van der Waals surface area contributed by atoms with Gasteiger partial charge in [-0.15, -0.1) is 0 Å². The summed E-state index contributed by atoms with van der Waals surface area (Å²) in [5, 5.41) is 6.64. The van der Waals surface area contributed by atoms with E-state index in [-0.39, 0.29) is 11.6 Å². The third-order valence-corrected chi connectivity index (χ3v) is 6.17. The molecule has 0 aromatic carbocycles. The van der Waals surface area contributed by atoms with Crippen LogP contribution in [0.15, 0.2) is 30.7 Å². The van der Waals surface area contributed by atoms with Crippen LogP contribution in [-0.4, -0.2) is 52.1 Å². The van der Waals surface area contributed by atoms with Crippen molar-refractivity contribution in [2.24, 2.45) is 0 Å². The molecule has 2 aliphatic heterocycles. The summed E-state index contributed by atoms with van der Waals surface area (Å²) in [6, 6.07) is 3.92. The number of nitrogens with zero attached hydrogens (tertiary/aromatic N) is 5. The van der Waals surface area contributed by atoms with Crippen LogP contribution < -0.4 is 20.4 Å². The van der Waals surface area contributed by atoms with Gasteiger partial charge in [0, 0.05) is 61.6 Å². The zero-order chi connectivity index (χ0) is 21.8. The van der Waals surface area contributed by atoms with E-state index >= 15 is 0 Å². The van der Waals surface area contributed by atoms with E-state index in [0.717, 1.165) is 60.0 Å². The van der Waals surface area contributed by atoms with Gasteiger partial charge < -0.3 is 19.9 Å². The first-order valence-electron chi connectivity index (χ1n) is 10.8. The van der Waals surface area contributed by atoms with Crippen LogP contribution in [0.5, 0.6) is 0 Å². The fourth-order valence-corrected chi connectivity index (χ4v) is 4.69. The highest BCUT2D eigenvalue weighted by atomic mass is 16.2. The number of pyridine rings is 2. The van der Waals surface area contributed by atoms with E-state index in [1.165, 1.54) is 5.69 Å². The van der Waals surface area contributed by atoms with Crippen LogP contribution in [0.2, 0.25) is 0 Å². The van der Waals surface area contributed by atoms with Crippen LogP contribution in [0.4, 0.5) is 22.0 Å². The van der Waals surface area contributed by atoms with Crippen LogP contribution in [0.25, 0.3) is 5.65 Å². The van der Waals surface area contributed by atoms with Gasteiger partial charge in [0.25, 0.3) is 0 Å². The van der Waals surface area contributed by atoms with Crippen molar-refractivity contribution in [3.05, 3.63) is 47.5 Å². The highest BCUT2D eigenvalue weighted by Gasteiger charge is 2.32. The summed E-state index contributed by atoms with van der Waals surface area (Å²) in [7, 11) is 0. The number of urea groups is 1. The smallest absolute Gasteiger partial charge is 0.327 e. The van der Waals surface area contributed by atoms with Gasteiger partial charge in [0.15, 0.2) is 0 Å². The molecule has 0 spiro atoms. The van der Waals surface area contributed by atoms with Gasteiger partial charge in [-0.2, -0.15) is 0 Å². The second-order valence-electron chi connectivity index (χ2n) is 9.21. The molecule has 2 amide bonds. The number of aryl methyl sites for hydroxylation is 2. The van der Waals surface area contributed by atoms with Crippen molar-refractivity contribution in [2.45, 2.75) is 39.7 Å². The first-order valence-corrected chi connectivity index (χ1v) is 10.8. The molecule has 1 saturated heterocycles. The molecule has 31 heavy (non-hydrogen) atoms. The van der Waals surface area contributed by atoms with Crippen molar-refractivity contribution < 1.29 is 4.79 Å². The number of fused-ring (bicyclic) bond motifs is 2. The quantitative estimate of drug-likeness (QED) is 0.667. The Morgan fingerprint density at radius 3 is 2.87 bits per heavy atom. The Morgan fingerprint density at radius 1 is 1.23 bits per heavy atom. The predicted molar refractivity (Wildman–Crippen MR) is 123 cm³/mol. The van der Waals surface area contributed by atoms with Crippen LogP contribution in [0.1, 0.15) is 30.7 Å². The number of carbonyl (C=O) groups excluding carboxylic acids is 1. The average Bonchev–Trinajstić information content (AvgIpc) is 3.29. The summed E-state index contributed by atoms with van der Waals surface area (Å²) in [5.41, 5.74) is 6.01. The maximum atomic E-state index is 13.2. The Hall–Kier alpha value is -3.13. The average molecular weight is 420 g/mol. The summed E-state index contributed by atoms with van der Waals surface area (Å²) in [4.78, 5) is 26.4. The molecule has 3 aromatic rings. The van der Waals surface area contributed by atoms with Crippen molar-refractivity contribution in [1.82, 2.24) is 19.7 Å². The SMILES string of the molecule is Cc1cn2cc(NC(=O)N3CCc4c(N5CCNC(C)(C)C5)ccnc43)c(C)cc2n1. The lowest BCUT2D eigenvalue weighted by molar-refractivity contribution is 0.257. The van der Waals surface area contributed by atoms with E-state index in [9.17, 15) is 4.79 Å². The number of aromatic nitrogens is 3. The first-order chi connectivity index (χ1) is 14.8. The lowest BCUT2D eigenvalue weighted by atomic mass is 10.0. The van der Waals surface area contributed by atoms with E-state index in [0.29, 0.717) is 6.54 Å². The zero-order valence-electron chi connectivity index (χ0n) is 18.6. The normalized spacial score (nSPS) is 17.8. The van der Waals surface area contributed by atoms with Gasteiger partial charge in [0.1, 0.15) is 11.5 Å². The lowest BCUT2D eigenvalue weighted by Crippen LogP contribution is -2.57. The highest BCUT2D eigenvalue weighted by Crippen LogP contribution is 2.35. The molecule has 0 bridgehead atoms. The van der Waals surface area contributed by atoms with Crippen LogP contribution in [0.3, 0.4) is 0 Å². The molecule has 0 unspecified atom stereocenters. The molecule has 3 aromatic heterocycles. The minimum atomic E-state index is -0.150. The summed E-state index contributed by atoms with van der Waals surface area (Å²) < 4.78 is 1.94. The number of piperazine rings is 1. The minimum absolute atomic E-state index is 0.0614. The molecular formula is C23H29N7O. The second-order valence-corrected chi connectivity index (χ2v) is 9.21. The van der Waals surface area contributed by atoms with Gasteiger partial charge in [-0.3, -0.25) is 4.90 Å². The fraction of sp³-hybridized carbons (Fsp3) is 0.435. The Labute approximate surface area is 182 Å². The Bertz CT molecular complexity index is 1170. The van der Waals surface area contributed by atoms with Crippen molar-refractivity contribution in [3.8, 4) is 0 Å². The summed E-state index contributed by atoms with van der Waals surface area (Å²) in [5.74, 6) is 0.767. The van der Waals surface area contributed by atoms with Crippen molar-refractivity contribution in [1.29, 1.82) is 0 Å². The molecule has 8 heteroatoms. The van der Waals surface area contributed by atoms with E-state index in [4.69, 9.17) is 0 Å². The number of amides is 2. The highest BCUT2D eigenvalue weighted by molar-refractivity contribution is 6.03. The van der Waals surface area contributed by atoms with E-state index in [1.54, 1.807) is 4.90 Å². The van der Waals surface area contributed by atoms with Gasteiger partial charge in [-0.25, -0.2) is 14.8 Å². The Kier molecular flexibility index (Phi) is 4.62. The van der Waals surface area contributed by atoms with Gasteiger partial charge in [0.2, 0.25) is 0 Å². The van der Waals surface area contributed by atoms with E-state index in [2.05, 4.69) is 45.4 Å². The molecule has 1 fully saturated rings. The minimum Gasteiger partial charge on any atom is -0.368 e. The van der Waals surface area contributed by atoms with E-state index < -0.39 is 0 Å². The van der Waals surface area contributed by atoms with Crippen LogP contribution in [-0.2, 0) is 6.42 Å². The van der Waals surface area contributed by atoms with Gasteiger partial charge >= 0.3 is 6.03 Å². The number of carbonyl (C=O) groups is 1. The summed E-state index contributed by atoms with van der Waals surface area (Å²) in [6.45, 7) is 11.9. The molecular weight excluding hydrogens is 390 g/mol. The molecule has 2 N–H and O–H groups in total. The largest absolute Gasteiger partial charge is 0.368 e. The van der Waals surface area contributed by atoms with Gasteiger partial charge in [0.05, 0.1) is 11.4 Å². The molecule has 5 rings (SSSR count). The summed E-state index contributed by atoms with van der Waals surface area (Å²) in [6.07, 6.45) is 6.51. The molecule has 0 radical (unpaired) electrons. The summed E-state index contributed by atoms with van der Waals surface area (Å²) >= 11 is 0. The third kappa shape index (κ3) is 3.61.